The fourth-order valence-corrected chi connectivity index (χ4v) is 4.51. The highest BCUT2D eigenvalue weighted by atomic mass is 15.0. The third kappa shape index (κ3) is 3.26. The van der Waals surface area contributed by atoms with Gasteiger partial charge in [0.1, 0.15) is 0 Å². The number of fused-ring (bicyclic) bond motifs is 3. The number of hydrogen-bond acceptors (Lipinski definition) is 2. The van der Waals surface area contributed by atoms with Crippen LogP contribution in [-0.4, -0.2) is 9.55 Å². The van der Waals surface area contributed by atoms with E-state index in [1.54, 1.807) is 12.3 Å². The van der Waals surface area contributed by atoms with Crippen LogP contribution < -0.4 is 0 Å². The molecule has 4 aromatic carbocycles. The van der Waals surface area contributed by atoms with E-state index in [1.165, 1.54) is 16.5 Å². The van der Waals surface area contributed by atoms with Gasteiger partial charge in [-0.05, 0) is 59.7 Å². The molecule has 0 amide bonds. The number of nitriles is 1. The van der Waals surface area contributed by atoms with Gasteiger partial charge in [0.15, 0.2) is 0 Å². The predicted molar refractivity (Wildman–Crippen MR) is 134 cm³/mol. The van der Waals surface area contributed by atoms with Crippen molar-refractivity contribution >= 4 is 21.8 Å². The zero-order valence-electron chi connectivity index (χ0n) is 17.8. The Balaban J connectivity index is 1.65. The monoisotopic (exact) mass is 421 g/mol. The number of nitrogens with zero attached hydrogens (tertiary/aromatic N) is 3. The lowest BCUT2D eigenvalue weighted by molar-refractivity contribution is 1.18. The van der Waals surface area contributed by atoms with Crippen molar-refractivity contribution in [3.8, 4) is 34.1 Å². The Kier molecular flexibility index (Phi) is 4.49. The normalized spacial score (nSPS) is 11.0. The molecule has 0 aliphatic rings. The van der Waals surface area contributed by atoms with Crippen LogP contribution in [0, 0.1) is 11.3 Å². The molecule has 0 unspecified atom stereocenters. The Hall–Kier alpha value is -4.68. The Morgan fingerprint density at radius 2 is 1.24 bits per heavy atom. The molecule has 3 nitrogen and oxygen atoms in total. The fraction of sp³-hybridized carbons (Fsp3) is 0. The van der Waals surface area contributed by atoms with Crippen molar-refractivity contribution in [1.29, 1.82) is 5.26 Å². The van der Waals surface area contributed by atoms with E-state index in [-0.39, 0.29) is 0 Å². The maximum Gasteiger partial charge on any atom is 0.0992 e. The summed E-state index contributed by atoms with van der Waals surface area (Å²) in [4.78, 5) is 4.52. The second kappa shape index (κ2) is 7.78. The molecule has 0 bridgehead atoms. The molecule has 0 aliphatic heterocycles. The second-order valence-corrected chi connectivity index (χ2v) is 8.04. The molecule has 0 atom stereocenters. The topological polar surface area (TPSA) is 41.6 Å². The standard InChI is InChI=1S/C30H19N3/c31-20-21-15-16-32-28(17-21)24-12-14-30-27(19-24)26-18-23(22-7-3-1-4-8-22)11-13-29(26)33(30)25-9-5-2-6-10-25/h1-19H. The summed E-state index contributed by atoms with van der Waals surface area (Å²) in [5.41, 5.74) is 8.21. The van der Waals surface area contributed by atoms with Crippen molar-refractivity contribution in [3.63, 3.8) is 0 Å². The smallest absolute Gasteiger partial charge is 0.0992 e. The molecular weight excluding hydrogens is 402 g/mol. The van der Waals surface area contributed by atoms with Gasteiger partial charge in [0, 0.05) is 28.2 Å². The minimum absolute atomic E-state index is 0.609. The molecule has 0 aliphatic carbocycles. The van der Waals surface area contributed by atoms with Crippen LogP contribution in [-0.2, 0) is 0 Å². The van der Waals surface area contributed by atoms with E-state index >= 15 is 0 Å². The molecule has 0 fully saturated rings. The highest BCUT2D eigenvalue weighted by Gasteiger charge is 2.14. The van der Waals surface area contributed by atoms with Gasteiger partial charge in [-0.25, -0.2) is 0 Å². The minimum atomic E-state index is 0.609. The molecule has 0 N–H and O–H groups in total. The lowest BCUT2D eigenvalue weighted by atomic mass is 10.0. The van der Waals surface area contributed by atoms with Gasteiger partial charge in [0.25, 0.3) is 0 Å². The van der Waals surface area contributed by atoms with Crippen LogP contribution in [0.3, 0.4) is 0 Å². The lowest BCUT2D eigenvalue weighted by Gasteiger charge is -2.08. The molecule has 2 aromatic heterocycles. The van der Waals surface area contributed by atoms with Crippen LogP contribution in [0.25, 0.3) is 49.9 Å². The van der Waals surface area contributed by atoms with Gasteiger partial charge >= 0.3 is 0 Å². The quantitative estimate of drug-likeness (QED) is 0.299. The highest BCUT2D eigenvalue weighted by Crippen LogP contribution is 2.36. The van der Waals surface area contributed by atoms with Gasteiger partial charge in [0.2, 0.25) is 0 Å². The van der Waals surface area contributed by atoms with E-state index in [0.717, 1.165) is 33.4 Å². The first kappa shape index (κ1) is 19.0. The number of hydrogen-bond donors (Lipinski definition) is 0. The number of rotatable bonds is 3. The first-order valence-electron chi connectivity index (χ1n) is 10.9. The van der Waals surface area contributed by atoms with Gasteiger partial charge in [-0.1, -0.05) is 60.7 Å². The summed E-state index contributed by atoms with van der Waals surface area (Å²) in [5.74, 6) is 0. The number of aromatic nitrogens is 2. The fourth-order valence-electron chi connectivity index (χ4n) is 4.51. The molecule has 6 rings (SSSR count). The zero-order valence-corrected chi connectivity index (χ0v) is 17.8. The molecule has 0 radical (unpaired) electrons. The largest absolute Gasteiger partial charge is 0.309 e. The second-order valence-electron chi connectivity index (χ2n) is 8.04. The predicted octanol–water partition coefficient (Wildman–Crippen LogP) is 7.38. The van der Waals surface area contributed by atoms with Gasteiger partial charge in [0.05, 0.1) is 28.4 Å². The Morgan fingerprint density at radius 3 is 1.94 bits per heavy atom. The summed E-state index contributed by atoms with van der Waals surface area (Å²) in [7, 11) is 0. The summed E-state index contributed by atoms with van der Waals surface area (Å²) in [5, 5.41) is 11.7. The van der Waals surface area contributed by atoms with E-state index in [4.69, 9.17) is 0 Å². The summed E-state index contributed by atoms with van der Waals surface area (Å²) < 4.78 is 2.31. The third-order valence-electron chi connectivity index (χ3n) is 6.07. The SMILES string of the molecule is N#Cc1ccnc(-c2ccc3c(c2)c2cc(-c4ccccc4)ccc2n3-c2ccccc2)c1. The van der Waals surface area contributed by atoms with Gasteiger partial charge < -0.3 is 4.57 Å². The van der Waals surface area contributed by atoms with Crippen LogP contribution in [0.1, 0.15) is 5.56 Å². The van der Waals surface area contributed by atoms with Crippen molar-refractivity contribution in [2.24, 2.45) is 0 Å². The zero-order chi connectivity index (χ0) is 22.2. The van der Waals surface area contributed by atoms with Crippen LogP contribution in [0.5, 0.6) is 0 Å². The molecular formula is C30H19N3. The highest BCUT2D eigenvalue weighted by molar-refractivity contribution is 6.11. The maximum atomic E-state index is 9.31. The van der Waals surface area contributed by atoms with E-state index in [9.17, 15) is 5.26 Å². The van der Waals surface area contributed by atoms with Crippen LogP contribution in [0.2, 0.25) is 0 Å². The molecule has 2 heterocycles. The van der Waals surface area contributed by atoms with E-state index in [1.807, 2.05) is 18.2 Å². The molecule has 3 heteroatoms. The van der Waals surface area contributed by atoms with Crippen molar-refractivity contribution in [3.05, 3.63) is 121 Å². The molecule has 0 spiro atoms. The number of para-hydroxylation sites is 1. The van der Waals surface area contributed by atoms with E-state index in [0.29, 0.717) is 5.56 Å². The van der Waals surface area contributed by atoms with Gasteiger partial charge in [-0.3, -0.25) is 4.98 Å². The number of benzene rings is 4. The Labute approximate surface area is 191 Å². The molecule has 0 saturated heterocycles. The number of pyridine rings is 1. The maximum absolute atomic E-state index is 9.31. The van der Waals surface area contributed by atoms with E-state index < -0.39 is 0 Å². The minimum Gasteiger partial charge on any atom is -0.309 e. The molecule has 33 heavy (non-hydrogen) atoms. The van der Waals surface area contributed by atoms with Crippen LogP contribution >= 0.6 is 0 Å². The Morgan fingerprint density at radius 1 is 0.606 bits per heavy atom. The summed E-state index contributed by atoms with van der Waals surface area (Å²) in [6.45, 7) is 0. The first-order chi connectivity index (χ1) is 16.3. The van der Waals surface area contributed by atoms with Crippen molar-refractivity contribution in [2.45, 2.75) is 0 Å². The van der Waals surface area contributed by atoms with Crippen molar-refractivity contribution in [2.75, 3.05) is 0 Å². The van der Waals surface area contributed by atoms with E-state index in [2.05, 4.69) is 101 Å². The Bertz CT molecular complexity index is 1660. The van der Waals surface area contributed by atoms with Crippen LogP contribution in [0.15, 0.2) is 115 Å². The average molecular weight is 422 g/mol. The van der Waals surface area contributed by atoms with Gasteiger partial charge in [-0.15, -0.1) is 0 Å². The summed E-state index contributed by atoms with van der Waals surface area (Å²) in [6.07, 6.45) is 1.69. The first-order valence-corrected chi connectivity index (χ1v) is 10.9. The van der Waals surface area contributed by atoms with Crippen molar-refractivity contribution < 1.29 is 0 Å². The van der Waals surface area contributed by atoms with Crippen molar-refractivity contribution in [1.82, 2.24) is 9.55 Å². The molecule has 6 aromatic rings. The average Bonchev–Trinajstić information content (AvgIpc) is 3.22. The molecule has 0 saturated carbocycles. The molecule has 154 valence electrons. The lowest BCUT2D eigenvalue weighted by Crippen LogP contribution is -1.93. The van der Waals surface area contributed by atoms with Crippen LogP contribution in [0.4, 0.5) is 0 Å². The van der Waals surface area contributed by atoms with Gasteiger partial charge in [-0.2, -0.15) is 5.26 Å². The summed E-state index contributed by atoms with van der Waals surface area (Å²) in [6, 6.07) is 39.8. The summed E-state index contributed by atoms with van der Waals surface area (Å²) >= 11 is 0. The third-order valence-corrected chi connectivity index (χ3v) is 6.07.